The van der Waals surface area contributed by atoms with Gasteiger partial charge < -0.3 is 5.32 Å². The van der Waals surface area contributed by atoms with E-state index in [4.69, 9.17) is 0 Å². The number of rotatable bonds is 3. The van der Waals surface area contributed by atoms with Crippen LogP contribution in [0.4, 0.5) is 0 Å². The van der Waals surface area contributed by atoms with Crippen molar-refractivity contribution in [1.82, 2.24) is 14.3 Å². The molecule has 0 aromatic rings. The largest absolute Gasteiger partial charge is 0.316 e. The van der Waals surface area contributed by atoms with Crippen molar-refractivity contribution in [3.8, 4) is 0 Å². The van der Waals surface area contributed by atoms with Gasteiger partial charge >= 0.3 is 0 Å². The van der Waals surface area contributed by atoms with E-state index in [1.165, 1.54) is 0 Å². The average Bonchev–Trinajstić information content (AvgIpc) is 2.33. The maximum atomic E-state index is 12.2. The van der Waals surface area contributed by atoms with Gasteiger partial charge in [0.25, 0.3) is 10.2 Å². The van der Waals surface area contributed by atoms with Crippen molar-refractivity contribution in [2.24, 2.45) is 5.92 Å². The summed E-state index contributed by atoms with van der Waals surface area (Å²) in [5, 5.41) is 3.28. The second kappa shape index (κ2) is 5.65. The zero-order chi connectivity index (χ0) is 12.3. The second-order valence-corrected chi connectivity index (χ2v) is 6.86. The Hall–Kier alpha value is -0.170. The first-order valence-corrected chi connectivity index (χ1v) is 8.02. The quantitative estimate of drug-likeness (QED) is 0.768. The monoisotopic (exact) mass is 261 g/mol. The van der Waals surface area contributed by atoms with Crippen molar-refractivity contribution >= 4 is 10.2 Å². The highest BCUT2D eigenvalue weighted by atomic mass is 32.2. The van der Waals surface area contributed by atoms with Gasteiger partial charge in [-0.3, -0.25) is 0 Å². The molecule has 0 bridgehead atoms. The molecule has 0 aromatic heterocycles. The Morgan fingerprint density at radius 3 is 2.59 bits per heavy atom. The van der Waals surface area contributed by atoms with E-state index in [0.717, 1.165) is 38.8 Å². The lowest BCUT2D eigenvalue weighted by Gasteiger charge is -2.33. The first-order valence-electron chi connectivity index (χ1n) is 6.58. The van der Waals surface area contributed by atoms with Crippen LogP contribution in [0.2, 0.25) is 0 Å². The van der Waals surface area contributed by atoms with Crippen LogP contribution in [-0.4, -0.2) is 44.9 Å². The van der Waals surface area contributed by atoms with E-state index in [1.807, 2.05) is 0 Å². The molecule has 2 heterocycles. The van der Waals surface area contributed by atoms with Crippen LogP contribution in [0.5, 0.6) is 0 Å². The van der Waals surface area contributed by atoms with Crippen molar-refractivity contribution in [2.75, 3.05) is 26.2 Å². The summed E-state index contributed by atoms with van der Waals surface area (Å²) in [4.78, 5) is 0. The minimum absolute atomic E-state index is 0.0863. The first-order chi connectivity index (χ1) is 8.09. The lowest BCUT2D eigenvalue weighted by molar-refractivity contribution is 0.303. The molecule has 2 N–H and O–H groups in total. The van der Waals surface area contributed by atoms with Crippen molar-refractivity contribution in [3.05, 3.63) is 0 Å². The average molecular weight is 261 g/mol. The van der Waals surface area contributed by atoms with Crippen molar-refractivity contribution in [3.63, 3.8) is 0 Å². The number of nitrogens with zero attached hydrogens (tertiary/aromatic N) is 1. The fraction of sp³-hybridized carbons (Fsp3) is 1.00. The zero-order valence-corrected chi connectivity index (χ0v) is 11.3. The van der Waals surface area contributed by atoms with Crippen molar-refractivity contribution in [2.45, 2.75) is 38.6 Å². The maximum absolute atomic E-state index is 12.2. The molecule has 6 heteroatoms. The fourth-order valence-electron chi connectivity index (χ4n) is 2.56. The van der Waals surface area contributed by atoms with Gasteiger partial charge in [-0.05, 0) is 38.3 Å². The summed E-state index contributed by atoms with van der Waals surface area (Å²) in [6, 6.07) is 0.0863. The van der Waals surface area contributed by atoms with Gasteiger partial charge in [-0.25, -0.2) is 0 Å². The molecule has 2 rings (SSSR count). The summed E-state index contributed by atoms with van der Waals surface area (Å²) < 4.78 is 28.9. The Morgan fingerprint density at radius 1 is 1.24 bits per heavy atom. The van der Waals surface area contributed by atoms with E-state index in [9.17, 15) is 8.42 Å². The van der Waals surface area contributed by atoms with Crippen molar-refractivity contribution < 1.29 is 8.42 Å². The molecule has 0 amide bonds. The molecule has 2 fully saturated rings. The molecule has 2 aliphatic rings. The summed E-state index contributed by atoms with van der Waals surface area (Å²) >= 11 is 0. The lowest BCUT2D eigenvalue weighted by atomic mass is 9.97. The van der Waals surface area contributed by atoms with E-state index >= 15 is 0 Å². The Labute approximate surface area is 104 Å². The van der Waals surface area contributed by atoms with Gasteiger partial charge in [0, 0.05) is 19.1 Å². The van der Waals surface area contributed by atoms with Gasteiger partial charge in [-0.15, -0.1) is 0 Å². The van der Waals surface area contributed by atoms with Gasteiger partial charge in [0.2, 0.25) is 0 Å². The molecule has 2 saturated heterocycles. The second-order valence-electron chi connectivity index (χ2n) is 5.16. The van der Waals surface area contributed by atoms with E-state index in [1.54, 1.807) is 4.31 Å². The molecule has 5 nitrogen and oxygen atoms in total. The van der Waals surface area contributed by atoms with Crippen LogP contribution < -0.4 is 10.0 Å². The molecule has 2 atom stereocenters. The van der Waals surface area contributed by atoms with Crippen LogP contribution in [0.3, 0.4) is 0 Å². The Morgan fingerprint density at radius 2 is 1.94 bits per heavy atom. The minimum Gasteiger partial charge on any atom is -0.316 e. The predicted octanol–water partition coefficient (Wildman–Crippen LogP) is 0.305. The molecule has 0 aromatic carbocycles. The van der Waals surface area contributed by atoms with E-state index in [2.05, 4.69) is 17.0 Å². The molecule has 0 spiro atoms. The van der Waals surface area contributed by atoms with Gasteiger partial charge in [0.1, 0.15) is 0 Å². The van der Waals surface area contributed by atoms with E-state index < -0.39 is 10.2 Å². The molecule has 2 unspecified atom stereocenters. The first kappa shape index (κ1) is 13.3. The van der Waals surface area contributed by atoms with Gasteiger partial charge in [0.15, 0.2) is 0 Å². The number of hydrogen-bond donors (Lipinski definition) is 2. The van der Waals surface area contributed by atoms with Crippen molar-refractivity contribution in [1.29, 1.82) is 0 Å². The third kappa shape index (κ3) is 3.40. The predicted molar refractivity (Wildman–Crippen MR) is 67.9 cm³/mol. The zero-order valence-electron chi connectivity index (χ0n) is 10.5. The van der Waals surface area contributed by atoms with Gasteiger partial charge in [0.05, 0.1) is 0 Å². The lowest BCUT2D eigenvalue weighted by Crippen LogP contribution is -2.53. The highest BCUT2D eigenvalue weighted by Crippen LogP contribution is 2.16. The molecule has 0 radical (unpaired) electrons. The maximum Gasteiger partial charge on any atom is 0.279 e. The molecular weight excluding hydrogens is 238 g/mol. The smallest absolute Gasteiger partial charge is 0.279 e. The van der Waals surface area contributed by atoms with Crippen LogP contribution in [0.15, 0.2) is 0 Å². The van der Waals surface area contributed by atoms with Crippen LogP contribution in [0.25, 0.3) is 0 Å². The van der Waals surface area contributed by atoms with E-state index in [-0.39, 0.29) is 6.04 Å². The SMILES string of the molecule is CC1CNCCC1NS(=O)(=O)N1CCCCC1. The Kier molecular flexibility index (Phi) is 4.41. The Balaban J connectivity index is 1.95. The summed E-state index contributed by atoms with van der Waals surface area (Å²) in [6.45, 7) is 5.24. The van der Waals surface area contributed by atoms with Crippen LogP contribution in [-0.2, 0) is 10.2 Å². The standard InChI is InChI=1S/C11H23N3O2S/c1-10-9-12-6-5-11(10)13-17(15,16)14-7-3-2-4-8-14/h10-13H,2-9H2,1H3. The molecule has 2 aliphatic heterocycles. The highest BCUT2D eigenvalue weighted by Gasteiger charge is 2.30. The third-order valence-corrected chi connectivity index (χ3v) is 5.39. The molecule has 100 valence electrons. The summed E-state index contributed by atoms with van der Waals surface area (Å²) in [5.74, 6) is 0.364. The summed E-state index contributed by atoms with van der Waals surface area (Å²) in [6.07, 6.45) is 4.01. The normalized spacial score (nSPS) is 32.5. The fourth-order valence-corrected chi connectivity index (χ4v) is 4.18. The van der Waals surface area contributed by atoms with Crippen LogP contribution in [0.1, 0.15) is 32.6 Å². The van der Waals surface area contributed by atoms with Gasteiger partial charge in [-0.1, -0.05) is 13.3 Å². The number of piperidine rings is 2. The number of nitrogens with one attached hydrogen (secondary N) is 2. The molecule has 17 heavy (non-hydrogen) atoms. The summed E-state index contributed by atoms with van der Waals surface area (Å²) in [5.41, 5.74) is 0. The van der Waals surface area contributed by atoms with E-state index in [0.29, 0.717) is 19.0 Å². The number of hydrogen-bond acceptors (Lipinski definition) is 3. The molecule has 0 aliphatic carbocycles. The molecular formula is C11H23N3O2S. The highest BCUT2D eigenvalue weighted by molar-refractivity contribution is 7.87. The summed E-state index contributed by atoms with van der Waals surface area (Å²) in [7, 11) is -3.26. The topological polar surface area (TPSA) is 61.4 Å². The third-order valence-electron chi connectivity index (χ3n) is 3.74. The van der Waals surface area contributed by atoms with Crippen LogP contribution >= 0.6 is 0 Å². The van der Waals surface area contributed by atoms with Gasteiger partial charge in [-0.2, -0.15) is 17.4 Å². The van der Waals surface area contributed by atoms with Crippen LogP contribution in [0, 0.1) is 5.92 Å². The Bertz CT molecular complexity index is 339. The minimum atomic E-state index is -3.26. The molecule has 0 saturated carbocycles.